The van der Waals surface area contributed by atoms with E-state index in [-0.39, 0.29) is 33.8 Å². The molecule has 0 unspecified atom stereocenters. The van der Waals surface area contributed by atoms with Crippen LogP contribution in [-0.2, 0) is 17.0 Å². The monoisotopic (exact) mass is 854 g/mol. The number of nitrogens with one attached hydrogen (secondary N) is 2. The average Bonchev–Trinajstić information content (AvgIpc) is 3.23. The van der Waals surface area contributed by atoms with Crippen LogP contribution in [0.5, 0.6) is 0 Å². The third-order valence-corrected chi connectivity index (χ3v) is 15.7. The Morgan fingerprint density at radius 3 is 1.47 bits per heavy atom. The lowest BCUT2D eigenvalue weighted by Crippen LogP contribution is -3.00. The van der Waals surface area contributed by atoms with Crippen LogP contribution in [0.4, 0.5) is 16.2 Å². The van der Waals surface area contributed by atoms with E-state index in [0.29, 0.717) is 0 Å². The molecule has 0 radical (unpaired) electrons. The molecule has 8 rings (SSSR count). The predicted molar refractivity (Wildman–Crippen MR) is 252 cm³/mol. The van der Waals surface area contributed by atoms with Crippen molar-refractivity contribution in [3.8, 4) is 11.1 Å². The van der Waals surface area contributed by atoms with Crippen LogP contribution in [0.15, 0.2) is 182 Å². The summed E-state index contributed by atoms with van der Waals surface area (Å²) in [7, 11) is -2.44. The number of carbonyl (C=O) groups excluding carboxylic acids is 1. The van der Waals surface area contributed by atoms with E-state index in [9.17, 15) is 4.79 Å². The molecular weight excluding hydrogens is 803 g/mol. The van der Waals surface area contributed by atoms with E-state index in [1.807, 2.05) is 0 Å². The molecule has 0 aliphatic heterocycles. The van der Waals surface area contributed by atoms with Crippen molar-refractivity contribution in [2.75, 3.05) is 10.6 Å². The largest absolute Gasteiger partial charge is 1.00 e. The van der Waals surface area contributed by atoms with Gasteiger partial charge in [0.2, 0.25) is 0 Å². The SMILES string of the molecule is CC(C)(C)c1cc(NC(=O)Nc2ccc3ccccc3c2-c2c([P+](Cc3ccccc3)(c3ccccc3)c3ccccc3)ccc3ccccc23)cc(C(C)(C)C)c1.[Br-]. The topological polar surface area (TPSA) is 41.1 Å². The Morgan fingerprint density at radius 2 is 0.949 bits per heavy atom. The molecule has 8 aromatic rings. The Bertz CT molecular complexity index is 2660. The van der Waals surface area contributed by atoms with Gasteiger partial charge in [0, 0.05) is 16.8 Å². The molecule has 5 heteroatoms. The molecule has 2 N–H and O–H groups in total. The van der Waals surface area contributed by atoms with Crippen molar-refractivity contribution >= 4 is 62.1 Å². The summed E-state index contributed by atoms with van der Waals surface area (Å²) < 4.78 is 0. The fourth-order valence-electron chi connectivity index (χ4n) is 8.25. The van der Waals surface area contributed by atoms with E-state index < -0.39 is 7.26 Å². The molecule has 0 bridgehead atoms. The highest BCUT2D eigenvalue weighted by Gasteiger charge is 2.48. The number of halogens is 1. The molecule has 59 heavy (non-hydrogen) atoms. The minimum atomic E-state index is -2.44. The zero-order valence-electron chi connectivity index (χ0n) is 34.8. The first kappa shape index (κ1) is 41.6. The van der Waals surface area contributed by atoms with Gasteiger partial charge in [-0.05, 0) is 97.6 Å². The van der Waals surface area contributed by atoms with Gasteiger partial charge in [-0.25, -0.2) is 4.79 Å². The fourth-order valence-corrected chi connectivity index (χ4v) is 12.7. The number of fused-ring (bicyclic) bond motifs is 2. The first-order chi connectivity index (χ1) is 27.9. The maximum atomic E-state index is 14.4. The summed E-state index contributed by atoms with van der Waals surface area (Å²) >= 11 is 0. The molecule has 0 heterocycles. The normalized spacial score (nSPS) is 11.9. The Morgan fingerprint density at radius 1 is 0.492 bits per heavy atom. The molecule has 0 fully saturated rings. The van der Waals surface area contributed by atoms with E-state index in [1.165, 1.54) is 32.6 Å². The number of hydrogen-bond acceptors (Lipinski definition) is 1. The quantitative estimate of drug-likeness (QED) is 0.147. The lowest BCUT2D eigenvalue weighted by atomic mass is 9.80. The minimum absolute atomic E-state index is 0. The third-order valence-electron chi connectivity index (χ3n) is 11.3. The van der Waals surface area contributed by atoms with Gasteiger partial charge in [-0.1, -0.05) is 175 Å². The third kappa shape index (κ3) is 8.49. The smallest absolute Gasteiger partial charge is 0.323 e. The number of amides is 2. The second kappa shape index (κ2) is 17.0. The van der Waals surface area contributed by atoms with Crippen molar-refractivity contribution in [3.63, 3.8) is 0 Å². The summed E-state index contributed by atoms with van der Waals surface area (Å²) in [5, 5.41) is 15.1. The van der Waals surface area contributed by atoms with Crippen LogP contribution in [0.3, 0.4) is 0 Å². The Labute approximate surface area is 361 Å². The molecule has 8 aromatic carbocycles. The summed E-state index contributed by atoms with van der Waals surface area (Å²) in [4.78, 5) is 14.4. The van der Waals surface area contributed by atoms with Gasteiger partial charge in [-0.15, -0.1) is 0 Å². The van der Waals surface area contributed by atoms with Gasteiger partial charge >= 0.3 is 6.03 Å². The first-order valence-electron chi connectivity index (χ1n) is 20.2. The van der Waals surface area contributed by atoms with E-state index in [1.54, 1.807) is 0 Å². The zero-order chi connectivity index (χ0) is 40.5. The van der Waals surface area contributed by atoms with Gasteiger partial charge in [-0.2, -0.15) is 0 Å². The first-order valence-corrected chi connectivity index (χ1v) is 22.2. The van der Waals surface area contributed by atoms with Crippen molar-refractivity contribution in [2.45, 2.75) is 58.5 Å². The molecule has 0 saturated carbocycles. The number of anilines is 2. The number of carbonyl (C=O) groups is 1. The van der Waals surface area contributed by atoms with Crippen molar-refractivity contribution in [3.05, 3.63) is 199 Å². The van der Waals surface area contributed by atoms with E-state index in [2.05, 4.69) is 234 Å². The zero-order valence-corrected chi connectivity index (χ0v) is 37.2. The standard InChI is InChI=1S/C54H51N2OP.BrH/c1-53(2,3)41-34-42(54(4,5)6)36-43(35-41)55-52(57)56-48-32-30-39-22-16-18-28-46(39)50(48)51-47-29-19-17-23-40(47)31-33-49(51)58(44-24-12-8-13-25-44,45-26-14-9-15-27-45)37-38-20-10-7-11-21-38;/h7-36H,37H2,1-6H3,(H-,55,56,57);1H. The molecule has 296 valence electrons. The predicted octanol–water partition coefficient (Wildman–Crippen LogP) is 10.4. The number of hydrogen-bond donors (Lipinski definition) is 2. The molecule has 3 nitrogen and oxygen atoms in total. The number of benzene rings is 8. The van der Waals surface area contributed by atoms with Gasteiger partial charge in [0.1, 0.15) is 23.2 Å². The summed E-state index contributed by atoms with van der Waals surface area (Å²) in [5.74, 6) is 0. The fraction of sp³-hybridized carbons (Fsp3) is 0.167. The van der Waals surface area contributed by atoms with Crippen LogP contribution in [0.2, 0.25) is 0 Å². The molecule has 0 aromatic heterocycles. The van der Waals surface area contributed by atoms with Gasteiger partial charge in [0.25, 0.3) is 0 Å². The Kier molecular flexibility index (Phi) is 12.0. The van der Waals surface area contributed by atoms with Crippen molar-refractivity contribution < 1.29 is 21.8 Å². The summed E-state index contributed by atoms with van der Waals surface area (Å²) in [6.07, 6.45) is 0.835. The summed E-state index contributed by atoms with van der Waals surface area (Å²) in [6, 6.07) is 65.4. The molecule has 0 spiro atoms. The lowest BCUT2D eigenvalue weighted by Gasteiger charge is -2.31. The van der Waals surface area contributed by atoms with E-state index >= 15 is 0 Å². The van der Waals surface area contributed by atoms with Crippen LogP contribution in [0.1, 0.15) is 58.2 Å². The van der Waals surface area contributed by atoms with Crippen LogP contribution in [-0.4, -0.2) is 6.03 Å². The maximum Gasteiger partial charge on any atom is 0.323 e. The van der Waals surface area contributed by atoms with Gasteiger partial charge < -0.3 is 27.6 Å². The van der Waals surface area contributed by atoms with Crippen molar-refractivity contribution in [1.29, 1.82) is 0 Å². The molecular formula is C54H52BrN2OP. The highest BCUT2D eigenvalue weighted by atomic mass is 79.9. The molecule has 0 aliphatic carbocycles. The maximum absolute atomic E-state index is 14.4. The lowest BCUT2D eigenvalue weighted by molar-refractivity contribution is -0.0000149. The number of rotatable bonds is 8. The number of urea groups is 1. The van der Waals surface area contributed by atoms with Crippen LogP contribution in [0.25, 0.3) is 32.7 Å². The van der Waals surface area contributed by atoms with Crippen LogP contribution < -0.4 is 43.5 Å². The van der Waals surface area contributed by atoms with Gasteiger partial charge in [0.05, 0.1) is 11.8 Å². The van der Waals surface area contributed by atoms with Crippen LogP contribution in [0, 0.1) is 0 Å². The van der Waals surface area contributed by atoms with E-state index in [0.717, 1.165) is 50.2 Å². The summed E-state index contributed by atoms with van der Waals surface area (Å²) in [5.41, 5.74) is 7.18. The Balaban J connectivity index is 0.00000528. The van der Waals surface area contributed by atoms with Gasteiger partial charge in [-0.3, -0.25) is 0 Å². The molecule has 2 amide bonds. The average molecular weight is 856 g/mol. The summed E-state index contributed by atoms with van der Waals surface area (Å²) in [6.45, 7) is 13.3. The highest BCUT2D eigenvalue weighted by molar-refractivity contribution is 7.95. The molecule has 0 saturated heterocycles. The second-order valence-electron chi connectivity index (χ2n) is 17.4. The van der Waals surface area contributed by atoms with Crippen LogP contribution >= 0.6 is 7.26 Å². The van der Waals surface area contributed by atoms with Gasteiger partial charge in [0.15, 0.2) is 0 Å². The van der Waals surface area contributed by atoms with Crippen molar-refractivity contribution in [1.82, 2.24) is 0 Å². The van der Waals surface area contributed by atoms with Crippen molar-refractivity contribution in [2.24, 2.45) is 0 Å². The minimum Gasteiger partial charge on any atom is -1.00 e. The Hall–Kier alpha value is -5.54. The molecule has 0 atom stereocenters. The highest BCUT2D eigenvalue weighted by Crippen LogP contribution is 2.61. The second-order valence-corrected chi connectivity index (χ2v) is 20.8. The molecule has 0 aliphatic rings. The van der Waals surface area contributed by atoms with E-state index in [4.69, 9.17) is 0 Å².